The maximum absolute atomic E-state index is 12.4. The van der Waals surface area contributed by atoms with Crippen LogP contribution in [0.4, 0.5) is 4.79 Å². The van der Waals surface area contributed by atoms with Crippen molar-refractivity contribution in [1.82, 2.24) is 10.2 Å². The topological polar surface area (TPSA) is 66.5 Å². The van der Waals surface area contributed by atoms with E-state index in [1.54, 1.807) is 6.92 Å². The van der Waals surface area contributed by atoms with Gasteiger partial charge in [-0.1, -0.05) is 20.8 Å². The van der Waals surface area contributed by atoms with Crippen LogP contribution in [0.25, 0.3) is 0 Å². The molecule has 0 aromatic heterocycles. The van der Waals surface area contributed by atoms with E-state index in [0.29, 0.717) is 25.3 Å². The number of imide groups is 2. The number of rotatable bonds is 5. The van der Waals surface area contributed by atoms with Crippen LogP contribution < -0.4 is 5.32 Å². The van der Waals surface area contributed by atoms with Gasteiger partial charge in [0.1, 0.15) is 5.41 Å². The Bertz CT molecular complexity index is 365. The predicted molar refractivity (Wildman–Crippen MR) is 67.7 cm³/mol. The van der Waals surface area contributed by atoms with Crippen molar-refractivity contribution in [2.45, 2.75) is 47.0 Å². The molecule has 0 aromatic rings. The molecular weight excluding hydrogens is 232 g/mol. The molecule has 4 amide bonds. The summed E-state index contributed by atoms with van der Waals surface area (Å²) in [5.41, 5.74) is -1.06. The SMILES string of the molecule is CCN1C(=O)NC(=O)[C@@](CC)(CCC(C)C)C1=O. The summed E-state index contributed by atoms with van der Waals surface area (Å²) in [6.45, 7) is 7.95. The third kappa shape index (κ3) is 2.40. The molecule has 0 aliphatic carbocycles. The fourth-order valence-corrected chi connectivity index (χ4v) is 2.26. The van der Waals surface area contributed by atoms with Gasteiger partial charge >= 0.3 is 6.03 Å². The monoisotopic (exact) mass is 254 g/mol. The molecule has 1 aliphatic rings. The summed E-state index contributed by atoms with van der Waals surface area (Å²) in [4.78, 5) is 37.1. The van der Waals surface area contributed by atoms with E-state index in [1.807, 2.05) is 6.92 Å². The number of nitrogens with one attached hydrogen (secondary N) is 1. The first kappa shape index (κ1) is 14.7. The third-order valence-electron chi connectivity index (χ3n) is 3.62. The van der Waals surface area contributed by atoms with Gasteiger partial charge in [-0.3, -0.25) is 19.8 Å². The number of carbonyl (C=O) groups is 3. The lowest BCUT2D eigenvalue weighted by molar-refractivity contribution is -0.152. The fourth-order valence-electron chi connectivity index (χ4n) is 2.26. The highest BCUT2D eigenvalue weighted by atomic mass is 16.2. The van der Waals surface area contributed by atoms with Gasteiger partial charge in [-0.2, -0.15) is 0 Å². The molecule has 5 heteroatoms. The number of barbiturate groups is 1. The molecule has 1 heterocycles. The maximum atomic E-state index is 12.4. The van der Waals surface area contributed by atoms with E-state index < -0.39 is 17.4 Å². The number of urea groups is 1. The van der Waals surface area contributed by atoms with E-state index >= 15 is 0 Å². The Balaban J connectivity index is 3.03. The zero-order chi connectivity index (χ0) is 13.9. The average Bonchev–Trinajstić information content (AvgIpc) is 2.29. The normalized spacial score (nSPS) is 24.7. The minimum absolute atomic E-state index is 0.293. The van der Waals surface area contributed by atoms with Crippen molar-refractivity contribution in [1.29, 1.82) is 0 Å². The zero-order valence-corrected chi connectivity index (χ0v) is 11.6. The molecule has 1 fully saturated rings. The third-order valence-corrected chi connectivity index (χ3v) is 3.62. The smallest absolute Gasteiger partial charge is 0.277 e. The molecular formula is C13H22N2O3. The van der Waals surface area contributed by atoms with E-state index in [9.17, 15) is 14.4 Å². The minimum Gasteiger partial charge on any atom is -0.277 e. The zero-order valence-electron chi connectivity index (χ0n) is 11.6. The summed E-state index contributed by atoms with van der Waals surface area (Å²) in [5, 5.41) is 2.30. The number of nitrogens with zero attached hydrogens (tertiary/aromatic N) is 1. The van der Waals surface area contributed by atoms with Crippen LogP contribution in [0, 0.1) is 11.3 Å². The Morgan fingerprint density at radius 1 is 1.22 bits per heavy atom. The highest BCUT2D eigenvalue weighted by Crippen LogP contribution is 2.34. The standard InChI is InChI=1S/C13H22N2O3/c1-5-13(8-7-9(3)4)10(16)14-12(18)15(6-2)11(13)17/h9H,5-8H2,1-4H3,(H,14,16,18)/t13-/m1/s1. The molecule has 1 rings (SSSR count). The van der Waals surface area contributed by atoms with Crippen LogP contribution in [0.2, 0.25) is 0 Å². The molecule has 102 valence electrons. The van der Waals surface area contributed by atoms with Gasteiger partial charge in [0.15, 0.2) is 0 Å². The Labute approximate surface area is 108 Å². The van der Waals surface area contributed by atoms with E-state index in [0.717, 1.165) is 11.3 Å². The first-order valence-corrected chi connectivity index (χ1v) is 6.56. The largest absolute Gasteiger partial charge is 0.330 e. The van der Waals surface area contributed by atoms with Crippen molar-refractivity contribution in [3.8, 4) is 0 Å². The van der Waals surface area contributed by atoms with Gasteiger partial charge < -0.3 is 0 Å². The summed E-state index contributed by atoms with van der Waals surface area (Å²) in [7, 11) is 0. The molecule has 1 saturated heterocycles. The van der Waals surface area contributed by atoms with E-state index in [-0.39, 0.29) is 5.91 Å². The van der Waals surface area contributed by atoms with Gasteiger partial charge in [0.05, 0.1) is 0 Å². The van der Waals surface area contributed by atoms with Crippen LogP contribution in [0.15, 0.2) is 0 Å². The van der Waals surface area contributed by atoms with Gasteiger partial charge in [0.25, 0.3) is 0 Å². The molecule has 0 unspecified atom stereocenters. The average molecular weight is 254 g/mol. The van der Waals surface area contributed by atoms with Gasteiger partial charge in [0, 0.05) is 6.54 Å². The van der Waals surface area contributed by atoms with Crippen LogP contribution in [-0.2, 0) is 9.59 Å². The van der Waals surface area contributed by atoms with E-state index in [2.05, 4.69) is 19.2 Å². The van der Waals surface area contributed by atoms with Gasteiger partial charge in [-0.25, -0.2) is 4.79 Å². The summed E-state index contributed by atoms with van der Waals surface area (Å²) in [5.74, 6) is -0.367. The van der Waals surface area contributed by atoms with E-state index in [1.165, 1.54) is 0 Å². The molecule has 0 saturated carbocycles. The lowest BCUT2D eigenvalue weighted by Crippen LogP contribution is -2.63. The number of hydrogen-bond acceptors (Lipinski definition) is 3. The Morgan fingerprint density at radius 3 is 2.28 bits per heavy atom. The van der Waals surface area contributed by atoms with Crippen molar-refractivity contribution >= 4 is 17.8 Å². The highest BCUT2D eigenvalue weighted by molar-refractivity contribution is 6.19. The Morgan fingerprint density at radius 2 is 1.83 bits per heavy atom. The first-order valence-electron chi connectivity index (χ1n) is 6.56. The minimum atomic E-state index is -1.06. The van der Waals surface area contributed by atoms with Gasteiger partial charge in [0.2, 0.25) is 11.8 Å². The number of carbonyl (C=O) groups excluding carboxylic acids is 3. The number of hydrogen-bond donors (Lipinski definition) is 1. The number of amides is 4. The molecule has 0 radical (unpaired) electrons. The molecule has 0 aromatic carbocycles. The van der Waals surface area contributed by atoms with Crippen LogP contribution in [0.3, 0.4) is 0 Å². The molecule has 1 aliphatic heterocycles. The van der Waals surface area contributed by atoms with Crippen LogP contribution in [0.1, 0.15) is 47.0 Å². The van der Waals surface area contributed by atoms with E-state index in [4.69, 9.17) is 0 Å². The summed E-state index contributed by atoms with van der Waals surface area (Å²) >= 11 is 0. The van der Waals surface area contributed by atoms with Crippen molar-refractivity contribution in [3.63, 3.8) is 0 Å². The lowest BCUT2D eigenvalue weighted by Gasteiger charge is -2.38. The highest BCUT2D eigenvalue weighted by Gasteiger charge is 2.51. The molecule has 0 spiro atoms. The van der Waals surface area contributed by atoms with Crippen LogP contribution in [0.5, 0.6) is 0 Å². The van der Waals surface area contributed by atoms with Crippen LogP contribution in [-0.4, -0.2) is 29.3 Å². The molecule has 1 atom stereocenters. The fraction of sp³-hybridized carbons (Fsp3) is 0.769. The lowest BCUT2D eigenvalue weighted by atomic mass is 9.76. The quantitative estimate of drug-likeness (QED) is 0.762. The predicted octanol–water partition coefficient (Wildman–Crippen LogP) is 1.92. The summed E-state index contributed by atoms with van der Waals surface area (Å²) in [6, 6.07) is -0.596. The van der Waals surface area contributed by atoms with Crippen molar-refractivity contribution in [2.75, 3.05) is 6.54 Å². The van der Waals surface area contributed by atoms with Gasteiger partial charge in [-0.05, 0) is 32.1 Å². The second-order valence-corrected chi connectivity index (χ2v) is 5.18. The molecule has 0 bridgehead atoms. The van der Waals surface area contributed by atoms with Crippen molar-refractivity contribution in [3.05, 3.63) is 0 Å². The van der Waals surface area contributed by atoms with Gasteiger partial charge in [-0.15, -0.1) is 0 Å². The van der Waals surface area contributed by atoms with Crippen LogP contribution >= 0.6 is 0 Å². The molecule has 18 heavy (non-hydrogen) atoms. The van der Waals surface area contributed by atoms with Crippen molar-refractivity contribution in [2.24, 2.45) is 11.3 Å². The summed E-state index contributed by atoms with van der Waals surface area (Å²) < 4.78 is 0. The summed E-state index contributed by atoms with van der Waals surface area (Å²) in [6.07, 6.45) is 1.71. The first-order chi connectivity index (χ1) is 8.39. The molecule has 5 nitrogen and oxygen atoms in total. The maximum Gasteiger partial charge on any atom is 0.330 e. The molecule has 1 N–H and O–H groups in total. The Hall–Kier alpha value is -1.39. The second kappa shape index (κ2) is 5.50. The Kier molecular flexibility index (Phi) is 4.48. The van der Waals surface area contributed by atoms with Crippen molar-refractivity contribution < 1.29 is 14.4 Å². The second-order valence-electron chi connectivity index (χ2n) is 5.18.